The number of carbonyl (C=O) groups excluding carboxylic acids is 2. The number of hydrogen-bond acceptors (Lipinski definition) is 7. The molecule has 38 heavy (non-hydrogen) atoms. The third-order valence-corrected chi connectivity index (χ3v) is 5.67. The van der Waals surface area contributed by atoms with E-state index in [0.717, 1.165) is 11.3 Å². The lowest BCUT2D eigenvalue weighted by Gasteiger charge is -2.40. The number of hydrogen-bond donors (Lipinski definition) is 0. The van der Waals surface area contributed by atoms with Gasteiger partial charge in [-0.15, -0.1) is 0 Å². The van der Waals surface area contributed by atoms with Gasteiger partial charge in [0.1, 0.15) is 23.6 Å². The first-order chi connectivity index (χ1) is 18.2. The number of carbonyl (C=O) groups is 2. The Morgan fingerprint density at radius 3 is 2.55 bits per heavy atom. The molecule has 2 aromatic rings. The number of amides is 2. The summed E-state index contributed by atoms with van der Waals surface area (Å²) in [6, 6.07) is 14.3. The standard InChI is InChI=1S/C27H35N5O6/c1-27(2,3)38-26(34)31-17-22(16-29-30-28)32(25(33)18-31)21-10-12-23(13-11-21)37-15-7-14-36-19-20-8-5-6-9-24(20)35-4/h5-6,8-13,22H,7,14-19H2,1-4H3/t22-/m0/s1. The first-order valence-electron chi connectivity index (χ1n) is 12.4. The van der Waals surface area contributed by atoms with E-state index in [1.165, 1.54) is 4.90 Å². The number of anilines is 1. The molecule has 1 atom stereocenters. The number of nitrogens with zero attached hydrogens (tertiary/aromatic N) is 5. The topological polar surface area (TPSA) is 126 Å². The predicted molar refractivity (Wildman–Crippen MR) is 142 cm³/mol. The van der Waals surface area contributed by atoms with Gasteiger partial charge < -0.3 is 23.8 Å². The van der Waals surface area contributed by atoms with E-state index in [4.69, 9.17) is 24.5 Å². The Kier molecular flexibility index (Phi) is 10.2. The summed E-state index contributed by atoms with van der Waals surface area (Å²) in [6.07, 6.45) is 0.128. The van der Waals surface area contributed by atoms with Gasteiger partial charge in [-0.2, -0.15) is 0 Å². The maximum Gasteiger partial charge on any atom is 0.410 e. The van der Waals surface area contributed by atoms with E-state index < -0.39 is 17.7 Å². The van der Waals surface area contributed by atoms with Crippen molar-refractivity contribution in [3.05, 3.63) is 64.5 Å². The molecular weight excluding hydrogens is 490 g/mol. The van der Waals surface area contributed by atoms with Gasteiger partial charge in [-0.1, -0.05) is 23.3 Å². The maximum atomic E-state index is 13.0. The minimum atomic E-state index is -0.686. The summed E-state index contributed by atoms with van der Waals surface area (Å²) in [7, 11) is 1.64. The third kappa shape index (κ3) is 8.29. The fraction of sp³-hybridized carbons (Fsp3) is 0.481. The number of rotatable bonds is 11. The molecule has 11 nitrogen and oxygen atoms in total. The van der Waals surface area contributed by atoms with E-state index in [0.29, 0.717) is 37.7 Å². The molecular formula is C27H35N5O6. The number of methoxy groups -OCH3 is 1. The van der Waals surface area contributed by atoms with Crippen LogP contribution in [0.3, 0.4) is 0 Å². The number of azide groups is 1. The van der Waals surface area contributed by atoms with Gasteiger partial charge in [0.2, 0.25) is 5.91 Å². The Hall–Kier alpha value is -3.95. The highest BCUT2D eigenvalue weighted by atomic mass is 16.6. The normalized spacial score (nSPS) is 15.6. The van der Waals surface area contributed by atoms with Gasteiger partial charge in [-0.25, -0.2) is 4.79 Å². The third-order valence-electron chi connectivity index (χ3n) is 5.67. The van der Waals surface area contributed by atoms with Crippen molar-refractivity contribution in [3.63, 3.8) is 0 Å². The zero-order valence-electron chi connectivity index (χ0n) is 22.3. The lowest BCUT2D eigenvalue weighted by Crippen LogP contribution is -2.59. The van der Waals surface area contributed by atoms with E-state index in [-0.39, 0.29) is 25.5 Å². The Morgan fingerprint density at radius 2 is 1.87 bits per heavy atom. The molecule has 0 aliphatic carbocycles. The molecule has 11 heteroatoms. The molecule has 3 rings (SSSR count). The van der Waals surface area contributed by atoms with Gasteiger partial charge in [0.05, 0.1) is 33.0 Å². The molecule has 0 aromatic heterocycles. The van der Waals surface area contributed by atoms with Gasteiger partial charge in [0.15, 0.2) is 0 Å². The largest absolute Gasteiger partial charge is 0.496 e. The van der Waals surface area contributed by atoms with Gasteiger partial charge in [-0.3, -0.25) is 9.69 Å². The molecule has 0 N–H and O–H groups in total. The number of para-hydroxylation sites is 1. The Morgan fingerprint density at radius 1 is 1.13 bits per heavy atom. The molecule has 1 aliphatic heterocycles. The Labute approximate surface area is 222 Å². The zero-order valence-corrected chi connectivity index (χ0v) is 22.3. The molecule has 1 heterocycles. The van der Waals surface area contributed by atoms with Crippen molar-refractivity contribution in [2.45, 2.75) is 45.4 Å². The van der Waals surface area contributed by atoms with Crippen molar-refractivity contribution in [3.8, 4) is 11.5 Å². The lowest BCUT2D eigenvalue weighted by molar-refractivity contribution is -0.122. The molecule has 0 radical (unpaired) electrons. The summed E-state index contributed by atoms with van der Waals surface area (Å²) in [6.45, 7) is 6.84. The van der Waals surface area contributed by atoms with Crippen molar-refractivity contribution < 1.29 is 28.5 Å². The van der Waals surface area contributed by atoms with E-state index in [9.17, 15) is 9.59 Å². The van der Waals surface area contributed by atoms with E-state index in [2.05, 4.69) is 10.0 Å². The fourth-order valence-corrected chi connectivity index (χ4v) is 3.99. The lowest BCUT2D eigenvalue weighted by atomic mass is 10.1. The van der Waals surface area contributed by atoms with Crippen molar-refractivity contribution in [2.24, 2.45) is 5.11 Å². The summed E-state index contributed by atoms with van der Waals surface area (Å²) in [4.78, 5) is 31.3. The van der Waals surface area contributed by atoms with E-state index in [1.54, 1.807) is 57.0 Å². The average Bonchev–Trinajstić information content (AvgIpc) is 2.89. The monoisotopic (exact) mass is 525 g/mol. The molecule has 1 saturated heterocycles. The van der Waals surface area contributed by atoms with Crippen molar-refractivity contribution in [1.82, 2.24) is 4.90 Å². The van der Waals surface area contributed by atoms with Crippen LogP contribution >= 0.6 is 0 Å². The molecule has 0 saturated carbocycles. The predicted octanol–water partition coefficient (Wildman–Crippen LogP) is 4.94. The molecule has 0 unspecified atom stereocenters. The summed E-state index contributed by atoms with van der Waals surface area (Å²) in [5, 5.41) is 3.65. The quantitative estimate of drug-likeness (QED) is 0.177. The van der Waals surface area contributed by atoms with Crippen LogP contribution in [-0.4, -0.2) is 68.5 Å². The molecule has 1 fully saturated rings. The smallest absolute Gasteiger partial charge is 0.410 e. The van der Waals surface area contributed by atoms with E-state index in [1.807, 2.05) is 24.3 Å². The highest BCUT2D eigenvalue weighted by Crippen LogP contribution is 2.26. The summed E-state index contributed by atoms with van der Waals surface area (Å²) >= 11 is 0. The van der Waals surface area contributed by atoms with Crippen LogP contribution in [0.2, 0.25) is 0 Å². The number of ether oxygens (including phenoxy) is 4. The van der Waals surface area contributed by atoms with Crippen LogP contribution in [-0.2, 0) is 20.9 Å². The SMILES string of the molecule is COc1ccccc1COCCCOc1ccc(N2C(=O)CN(C(=O)OC(C)(C)C)C[C@@H]2CN=[N+]=[N-])cc1. The van der Waals surface area contributed by atoms with Gasteiger partial charge in [0.25, 0.3) is 0 Å². The first kappa shape index (κ1) is 28.6. The Balaban J connectivity index is 1.52. The molecule has 2 amide bonds. The molecule has 2 aromatic carbocycles. The highest BCUT2D eigenvalue weighted by molar-refractivity contribution is 5.98. The van der Waals surface area contributed by atoms with Crippen molar-refractivity contribution in [1.29, 1.82) is 0 Å². The van der Waals surface area contributed by atoms with Gasteiger partial charge in [0, 0.05) is 35.7 Å². The zero-order chi connectivity index (χ0) is 27.5. The van der Waals surface area contributed by atoms with Crippen LogP contribution < -0.4 is 14.4 Å². The van der Waals surface area contributed by atoms with Crippen LogP contribution in [0.4, 0.5) is 10.5 Å². The maximum absolute atomic E-state index is 13.0. The molecule has 0 spiro atoms. The second-order valence-electron chi connectivity index (χ2n) is 9.75. The highest BCUT2D eigenvalue weighted by Gasteiger charge is 2.37. The van der Waals surface area contributed by atoms with Crippen molar-refractivity contribution in [2.75, 3.05) is 44.9 Å². The number of benzene rings is 2. The second-order valence-corrected chi connectivity index (χ2v) is 9.75. The van der Waals surface area contributed by atoms with Crippen LogP contribution in [0.25, 0.3) is 10.4 Å². The minimum Gasteiger partial charge on any atom is -0.496 e. The Bertz CT molecular complexity index is 1130. The summed E-state index contributed by atoms with van der Waals surface area (Å²) in [5.74, 6) is 1.17. The summed E-state index contributed by atoms with van der Waals surface area (Å²) in [5.41, 5.74) is 9.76. The van der Waals surface area contributed by atoms with Crippen LogP contribution in [0, 0.1) is 0 Å². The molecule has 204 valence electrons. The second kappa shape index (κ2) is 13.6. The first-order valence-corrected chi connectivity index (χ1v) is 12.4. The van der Waals surface area contributed by atoms with E-state index >= 15 is 0 Å². The average molecular weight is 526 g/mol. The molecule has 1 aliphatic rings. The number of piperazine rings is 1. The summed E-state index contributed by atoms with van der Waals surface area (Å²) < 4.78 is 22.3. The van der Waals surface area contributed by atoms with Gasteiger partial charge in [-0.05, 0) is 56.6 Å². The van der Waals surface area contributed by atoms with Crippen molar-refractivity contribution >= 4 is 17.7 Å². The molecule has 0 bridgehead atoms. The van der Waals surface area contributed by atoms with Crippen LogP contribution in [0.15, 0.2) is 53.6 Å². The minimum absolute atomic E-state index is 0.0225. The van der Waals surface area contributed by atoms with Crippen LogP contribution in [0.5, 0.6) is 11.5 Å². The van der Waals surface area contributed by atoms with Gasteiger partial charge >= 0.3 is 6.09 Å². The fourth-order valence-electron chi connectivity index (χ4n) is 3.99. The van der Waals surface area contributed by atoms with Crippen LogP contribution in [0.1, 0.15) is 32.8 Å².